The van der Waals surface area contributed by atoms with Crippen LogP contribution >= 0.6 is 0 Å². The van der Waals surface area contributed by atoms with Crippen LogP contribution in [0.1, 0.15) is 19.4 Å². The van der Waals surface area contributed by atoms with Gasteiger partial charge in [0.1, 0.15) is 0 Å². The molecule has 1 aromatic rings. The van der Waals surface area contributed by atoms with Crippen molar-refractivity contribution in [3.05, 3.63) is 29.3 Å². The molecule has 106 valence electrons. The minimum absolute atomic E-state index is 0.210. The number of hydrogen-bond acceptors (Lipinski definition) is 4. The first-order chi connectivity index (χ1) is 8.93. The number of carbonyl (C=O) groups is 1. The Balaban J connectivity index is 2.76. The molecule has 0 radical (unpaired) electrons. The molecule has 0 aliphatic carbocycles. The van der Waals surface area contributed by atoms with Crippen molar-refractivity contribution in [2.75, 3.05) is 13.7 Å². The maximum atomic E-state index is 13.6. The van der Waals surface area contributed by atoms with E-state index in [-0.39, 0.29) is 6.04 Å². The van der Waals surface area contributed by atoms with Crippen LogP contribution in [0.15, 0.2) is 12.1 Å². The molecule has 1 N–H and O–H groups in total. The fraction of sp³-hybridized carbons (Fsp3) is 0.462. The highest BCUT2D eigenvalue weighted by atomic mass is 19.1. The number of methoxy groups -OCH3 is 1. The Bertz CT molecular complexity index is 427. The normalized spacial score (nSPS) is 10.6. The first-order valence-electron chi connectivity index (χ1n) is 5.85. The lowest BCUT2D eigenvalue weighted by Crippen LogP contribution is -2.22. The summed E-state index contributed by atoms with van der Waals surface area (Å²) in [6.45, 7) is 3.68. The van der Waals surface area contributed by atoms with E-state index in [0.717, 1.165) is 0 Å². The summed E-state index contributed by atoms with van der Waals surface area (Å²) in [6.07, 6.45) is 0. The summed E-state index contributed by atoms with van der Waals surface area (Å²) in [5.74, 6) is -2.96. The summed E-state index contributed by atoms with van der Waals surface area (Å²) in [6, 6.07) is 2.55. The van der Waals surface area contributed by atoms with E-state index in [0.29, 0.717) is 12.1 Å². The van der Waals surface area contributed by atoms with Crippen LogP contribution in [0.5, 0.6) is 5.75 Å². The van der Waals surface area contributed by atoms with Crippen molar-refractivity contribution in [2.24, 2.45) is 0 Å². The number of hydrogen-bond donors (Lipinski definition) is 1. The van der Waals surface area contributed by atoms with Crippen molar-refractivity contribution in [3.63, 3.8) is 0 Å². The Labute approximate surface area is 110 Å². The van der Waals surface area contributed by atoms with Gasteiger partial charge in [0.15, 0.2) is 24.0 Å². The van der Waals surface area contributed by atoms with Crippen molar-refractivity contribution < 1.29 is 23.0 Å². The predicted molar refractivity (Wildman–Crippen MR) is 65.8 cm³/mol. The quantitative estimate of drug-likeness (QED) is 0.805. The second-order valence-corrected chi connectivity index (χ2v) is 4.29. The van der Waals surface area contributed by atoms with Gasteiger partial charge in [0, 0.05) is 12.6 Å². The molecule has 0 amide bonds. The van der Waals surface area contributed by atoms with Gasteiger partial charge in [-0.1, -0.05) is 13.8 Å². The predicted octanol–water partition coefficient (Wildman–Crippen LogP) is 2.01. The Morgan fingerprint density at radius 1 is 1.32 bits per heavy atom. The zero-order valence-corrected chi connectivity index (χ0v) is 11.1. The van der Waals surface area contributed by atoms with Crippen LogP contribution in [0.3, 0.4) is 0 Å². The van der Waals surface area contributed by atoms with E-state index in [1.165, 1.54) is 19.2 Å². The monoisotopic (exact) mass is 273 g/mol. The number of carbonyl (C=O) groups excluding carboxylic acids is 1. The van der Waals surface area contributed by atoms with Gasteiger partial charge < -0.3 is 14.8 Å². The van der Waals surface area contributed by atoms with Crippen LogP contribution < -0.4 is 10.1 Å². The molecular formula is C13H17F2NO3. The van der Waals surface area contributed by atoms with Crippen LogP contribution in [0.2, 0.25) is 0 Å². The number of halogens is 2. The maximum Gasteiger partial charge on any atom is 0.343 e. The Morgan fingerprint density at radius 3 is 2.37 bits per heavy atom. The Kier molecular flexibility index (Phi) is 5.69. The zero-order chi connectivity index (χ0) is 14.4. The van der Waals surface area contributed by atoms with Gasteiger partial charge in [0.25, 0.3) is 0 Å². The highest BCUT2D eigenvalue weighted by molar-refractivity contribution is 5.70. The van der Waals surface area contributed by atoms with Gasteiger partial charge in [-0.25, -0.2) is 13.6 Å². The molecule has 0 aliphatic rings. The Hall–Kier alpha value is -1.69. The lowest BCUT2D eigenvalue weighted by atomic mass is 10.2. The minimum atomic E-state index is -0.843. The molecule has 0 fully saturated rings. The third kappa shape index (κ3) is 4.82. The first kappa shape index (κ1) is 15.4. The fourth-order valence-electron chi connectivity index (χ4n) is 1.36. The standard InChI is InChI=1S/C13H17F2NO3/c1-8(2)16-6-9-4-10(14)13(11(15)5-9)19-7-12(17)18-3/h4-5,8,16H,6-7H2,1-3H3. The summed E-state index contributed by atoms with van der Waals surface area (Å²) in [4.78, 5) is 10.8. The van der Waals surface area contributed by atoms with E-state index in [2.05, 4.69) is 10.1 Å². The third-order valence-electron chi connectivity index (χ3n) is 2.33. The van der Waals surface area contributed by atoms with Crippen molar-refractivity contribution >= 4 is 5.97 Å². The SMILES string of the molecule is COC(=O)COc1c(F)cc(CNC(C)C)cc1F. The Morgan fingerprint density at radius 2 is 1.89 bits per heavy atom. The second kappa shape index (κ2) is 7.04. The van der Waals surface area contributed by atoms with Gasteiger partial charge in [-0.15, -0.1) is 0 Å². The fourth-order valence-corrected chi connectivity index (χ4v) is 1.36. The summed E-state index contributed by atoms with van der Waals surface area (Å²) in [5, 5.41) is 3.05. The summed E-state index contributed by atoms with van der Waals surface area (Å²) in [7, 11) is 1.17. The van der Waals surface area contributed by atoms with E-state index < -0.39 is 30.0 Å². The van der Waals surface area contributed by atoms with E-state index in [1.54, 1.807) is 0 Å². The smallest absolute Gasteiger partial charge is 0.343 e. The zero-order valence-electron chi connectivity index (χ0n) is 11.1. The van der Waals surface area contributed by atoms with Crippen molar-refractivity contribution in [1.82, 2.24) is 5.32 Å². The summed E-state index contributed by atoms with van der Waals surface area (Å²) in [5.41, 5.74) is 0.467. The van der Waals surface area contributed by atoms with Gasteiger partial charge in [0.2, 0.25) is 0 Å². The van der Waals surface area contributed by atoms with E-state index in [1.807, 2.05) is 13.8 Å². The molecule has 1 aromatic carbocycles. The average Bonchev–Trinajstić information content (AvgIpc) is 2.34. The molecule has 0 saturated heterocycles. The van der Waals surface area contributed by atoms with Crippen LogP contribution in [0.4, 0.5) is 8.78 Å². The van der Waals surface area contributed by atoms with Crippen molar-refractivity contribution in [3.8, 4) is 5.75 Å². The molecule has 0 atom stereocenters. The topological polar surface area (TPSA) is 47.6 Å². The number of ether oxygens (including phenoxy) is 2. The molecular weight excluding hydrogens is 256 g/mol. The van der Waals surface area contributed by atoms with E-state index in [4.69, 9.17) is 4.74 Å². The number of rotatable bonds is 6. The molecule has 19 heavy (non-hydrogen) atoms. The first-order valence-corrected chi connectivity index (χ1v) is 5.85. The highest BCUT2D eigenvalue weighted by Crippen LogP contribution is 2.23. The number of benzene rings is 1. The average molecular weight is 273 g/mol. The van der Waals surface area contributed by atoms with Crippen LogP contribution in [-0.4, -0.2) is 25.7 Å². The minimum Gasteiger partial charge on any atom is -0.476 e. The summed E-state index contributed by atoms with van der Waals surface area (Å²) < 4.78 is 36.4. The third-order valence-corrected chi connectivity index (χ3v) is 2.33. The largest absolute Gasteiger partial charge is 0.476 e. The van der Waals surface area contributed by atoms with Gasteiger partial charge in [0.05, 0.1) is 7.11 Å². The van der Waals surface area contributed by atoms with Gasteiger partial charge in [-0.05, 0) is 17.7 Å². The second-order valence-electron chi connectivity index (χ2n) is 4.29. The molecule has 6 heteroatoms. The van der Waals surface area contributed by atoms with Crippen LogP contribution in [0.25, 0.3) is 0 Å². The lowest BCUT2D eigenvalue weighted by molar-refractivity contribution is -0.143. The molecule has 0 spiro atoms. The van der Waals surface area contributed by atoms with E-state index >= 15 is 0 Å². The highest BCUT2D eigenvalue weighted by Gasteiger charge is 2.14. The van der Waals surface area contributed by atoms with E-state index in [9.17, 15) is 13.6 Å². The molecule has 0 aliphatic heterocycles. The number of nitrogens with one attached hydrogen (secondary N) is 1. The molecule has 0 aromatic heterocycles. The van der Waals surface area contributed by atoms with Gasteiger partial charge in [-0.2, -0.15) is 0 Å². The molecule has 0 unspecified atom stereocenters. The van der Waals surface area contributed by atoms with Gasteiger partial charge >= 0.3 is 5.97 Å². The maximum absolute atomic E-state index is 13.6. The molecule has 0 heterocycles. The molecule has 4 nitrogen and oxygen atoms in total. The van der Waals surface area contributed by atoms with Gasteiger partial charge in [-0.3, -0.25) is 0 Å². The summed E-state index contributed by atoms with van der Waals surface area (Å²) >= 11 is 0. The van der Waals surface area contributed by atoms with Crippen LogP contribution in [0, 0.1) is 11.6 Å². The lowest BCUT2D eigenvalue weighted by Gasteiger charge is -2.11. The number of esters is 1. The van der Waals surface area contributed by atoms with Crippen molar-refractivity contribution in [2.45, 2.75) is 26.4 Å². The molecule has 1 rings (SSSR count). The van der Waals surface area contributed by atoms with Crippen molar-refractivity contribution in [1.29, 1.82) is 0 Å². The molecule has 0 bridgehead atoms. The molecule has 0 saturated carbocycles. The van der Waals surface area contributed by atoms with Crippen LogP contribution in [-0.2, 0) is 16.1 Å².